The van der Waals surface area contributed by atoms with Crippen LogP contribution in [0.15, 0.2) is 29.8 Å². The van der Waals surface area contributed by atoms with Crippen molar-refractivity contribution in [3.05, 3.63) is 52.6 Å². The van der Waals surface area contributed by atoms with Crippen LogP contribution >= 0.6 is 0 Å². The van der Waals surface area contributed by atoms with E-state index in [9.17, 15) is 14.4 Å². The Morgan fingerprint density at radius 2 is 1.96 bits per heavy atom. The van der Waals surface area contributed by atoms with Crippen LogP contribution in [-0.2, 0) is 4.79 Å². The summed E-state index contributed by atoms with van der Waals surface area (Å²) in [4.78, 5) is 12.7. The van der Waals surface area contributed by atoms with Gasteiger partial charge in [-0.15, -0.1) is 0 Å². The first-order valence-corrected chi connectivity index (χ1v) is 9.65. The number of aryl methyl sites for hydroxylation is 1. The lowest BCUT2D eigenvalue weighted by Gasteiger charge is -2.29. The van der Waals surface area contributed by atoms with Crippen LogP contribution in [0.4, 0.5) is 4.39 Å². The minimum Gasteiger partial charge on any atom is -0.348 e. The molecule has 1 amide bonds. The zero-order chi connectivity index (χ0) is 20.3. The van der Waals surface area contributed by atoms with E-state index in [1.807, 2.05) is 19.9 Å². The van der Waals surface area contributed by atoms with Crippen molar-refractivity contribution in [1.82, 2.24) is 15.1 Å². The van der Waals surface area contributed by atoms with E-state index in [1.54, 1.807) is 22.9 Å². The number of carbonyl (C=O) groups excluding carboxylic acids is 1. The van der Waals surface area contributed by atoms with Crippen LogP contribution in [-0.4, -0.2) is 21.7 Å². The molecule has 0 spiro atoms. The standard InChI is InChI=1S/C22H25FN4O/c1-14-6-4-5-7-21(14)25-22(28)17(13-24)12-20-15(2)26-27(16(20)3)19-10-8-18(23)9-11-19/h8-12,14,21H,4-7H2,1-3H3,(H,25,28)/b17-12+/t14-,21+/m0/s1. The first-order chi connectivity index (χ1) is 13.4. The van der Waals surface area contributed by atoms with Gasteiger partial charge in [-0.3, -0.25) is 4.79 Å². The number of halogens is 1. The molecule has 0 radical (unpaired) electrons. The Balaban J connectivity index is 1.87. The van der Waals surface area contributed by atoms with E-state index in [0.717, 1.165) is 36.2 Å². The molecular formula is C22H25FN4O. The van der Waals surface area contributed by atoms with Gasteiger partial charge in [-0.05, 0) is 62.9 Å². The van der Waals surface area contributed by atoms with Gasteiger partial charge >= 0.3 is 0 Å². The Hall–Kier alpha value is -2.94. The minimum atomic E-state index is -0.338. The summed E-state index contributed by atoms with van der Waals surface area (Å²) in [5, 5.41) is 17.1. The molecule has 0 aliphatic heterocycles. The van der Waals surface area contributed by atoms with Crippen LogP contribution in [0, 0.1) is 36.9 Å². The number of aromatic nitrogens is 2. The van der Waals surface area contributed by atoms with Gasteiger partial charge in [-0.2, -0.15) is 10.4 Å². The van der Waals surface area contributed by atoms with E-state index in [2.05, 4.69) is 17.3 Å². The summed E-state index contributed by atoms with van der Waals surface area (Å²) < 4.78 is 14.9. The van der Waals surface area contributed by atoms with Crippen LogP contribution < -0.4 is 5.32 Å². The molecule has 5 nitrogen and oxygen atoms in total. The molecule has 2 aromatic rings. The topological polar surface area (TPSA) is 70.7 Å². The van der Waals surface area contributed by atoms with Gasteiger partial charge in [0.15, 0.2) is 0 Å². The molecule has 28 heavy (non-hydrogen) atoms. The predicted molar refractivity (Wildman–Crippen MR) is 106 cm³/mol. The molecule has 1 heterocycles. The molecule has 2 atom stereocenters. The lowest BCUT2D eigenvalue weighted by molar-refractivity contribution is -0.118. The summed E-state index contributed by atoms with van der Waals surface area (Å²) in [5.74, 6) is -0.234. The summed E-state index contributed by atoms with van der Waals surface area (Å²) in [6.45, 7) is 5.83. The Morgan fingerprint density at radius 3 is 2.61 bits per heavy atom. The third-order valence-corrected chi connectivity index (χ3v) is 5.50. The second-order valence-corrected chi connectivity index (χ2v) is 7.48. The summed E-state index contributed by atoms with van der Waals surface area (Å²) in [6, 6.07) is 8.18. The van der Waals surface area contributed by atoms with Crippen LogP contribution in [0.2, 0.25) is 0 Å². The fourth-order valence-electron chi connectivity index (χ4n) is 3.77. The average Bonchev–Trinajstić information content (AvgIpc) is 2.96. The number of rotatable bonds is 4. The number of hydrogen-bond acceptors (Lipinski definition) is 3. The fourth-order valence-corrected chi connectivity index (χ4v) is 3.77. The van der Waals surface area contributed by atoms with Gasteiger partial charge in [-0.1, -0.05) is 19.8 Å². The van der Waals surface area contributed by atoms with Crippen molar-refractivity contribution in [2.75, 3.05) is 0 Å². The Labute approximate surface area is 164 Å². The molecule has 6 heteroatoms. The Morgan fingerprint density at radius 1 is 1.29 bits per heavy atom. The number of nitrogens with zero attached hydrogens (tertiary/aromatic N) is 3. The lowest BCUT2D eigenvalue weighted by atomic mass is 9.86. The normalized spacial score (nSPS) is 19.9. The molecule has 1 aliphatic carbocycles. The molecule has 1 aromatic heterocycles. The third kappa shape index (κ3) is 4.14. The smallest absolute Gasteiger partial charge is 0.262 e. The first kappa shape index (κ1) is 19.8. The van der Waals surface area contributed by atoms with Crippen LogP contribution in [0.25, 0.3) is 11.8 Å². The van der Waals surface area contributed by atoms with Crippen LogP contribution in [0.3, 0.4) is 0 Å². The van der Waals surface area contributed by atoms with E-state index in [-0.39, 0.29) is 23.3 Å². The summed E-state index contributed by atoms with van der Waals surface area (Å²) in [5.41, 5.74) is 3.01. The van der Waals surface area contributed by atoms with Crippen molar-refractivity contribution >= 4 is 12.0 Å². The van der Waals surface area contributed by atoms with E-state index in [0.29, 0.717) is 11.6 Å². The highest BCUT2D eigenvalue weighted by atomic mass is 19.1. The highest BCUT2D eigenvalue weighted by Gasteiger charge is 2.24. The lowest BCUT2D eigenvalue weighted by Crippen LogP contribution is -2.41. The quantitative estimate of drug-likeness (QED) is 0.637. The van der Waals surface area contributed by atoms with E-state index >= 15 is 0 Å². The molecule has 1 N–H and O–H groups in total. The Kier molecular flexibility index (Phi) is 5.93. The summed E-state index contributed by atoms with van der Waals surface area (Å²) in [6.07, 6.45) is 5.94. The molecule has 0 unspecified atom stereocenters. The van der Waals surface area contributed by atoms with Crippen LogP contribution in [0.1, 0.15) is 49.6 Å². The van der Waals surface area contributed by atoms with Crippen molar-refractivity contribution in [1.29, 1.82) is 5.26 Å². The highest BCUT2D eigenvalue weighted by molar-refractivity contribution is 6.02. The number of carbonyl (C=O) groups is 1. The number of amides is 1. The SMILES string of the molecule is Cc1nn(-c2ccc(F)cc2)c(C)c1/C=C(\C#N)C(=O)N[C@@H]1CCCC[C@@H]1C. The number of nitriles is 1. The van der Waals surface area contributed by atoms with Gasteiger partial charge in [0.1, 0.15) is 17.5 Å². The van der Waals surface area contributed by atoms with E-state index < -0.39 is 0 Å². The highest BCUT2D eigenvalue weighted by Crippen LogP contribution is 2.25. The molecular weight excluding hydrogens is 355 g/mol. The predicted octanol–water partition coefficient (Wildman–Crippen LogP) is 4.23. The average molecular weight is 380 g/mol. The molecule has 1 aromatic carbocycles. The molecule has 1 aliphatic rings. The van der Waals surface area contributed by atoms with Gasteiger partial charge in [0.2, 0.25) is 0 Å². The van der Waals surface area contributed by atoms with Crippen molar-refractivity contribution in [2.45, 2.75) is 52.5 Å². The zero-order valence-corrected chi connectivity index (χ0v) is 16.5. The first-order valence-electron chi connectivity index (χ1n) is 9.65. The van der Waals surface area contributed by atoms with Crippen molar-refractivity contribution < 1.29 is 9.18 Å². The van der Waals surface area contributed by atoms with Crippen LogP contribution in [0.5, 0.6) is 0 Å². The van der Waals surface area contributed by atoms with Gasteiger partial charge in [-0.25, -0.2) is 9.07 Å². The van der Waals surface area contributed by atoms with Crippen molar-refractivity contribution in [3.8, 4) is 11.8 Å². The molecule has 0 saturated heterocycles. The molecule has 1 saturated carbocycles. The van der Waals surface area contributed by atoms with E-state index in [1.165, 1.54) is 18.6 Å². The van der Waals surface area contributed by atoms with Gasteiger partial charge in [0, 0.05) is 17.3 Å². The summed E-state index contributed by atoms with van der Waals surface area (Å²) in [7, 11) is 0. The minimum absolute atomic E-state index is 0.0719. The number of nitrogens with one attached hydrogen (secondary N) is 1. The maximum absolute atomic E-state index is 13.2. The number of hydrogen-bond donors (Lipinski definition) is 1. The fraction of sp³-hybridized carbons (Fsp3) is 0.409. The Bertz CT molecular complexity index is 937. The van der Waals surface area contributed by atoms with E-state index in [4.69, 9.17) is 0 Å². The monoisotopic (exact) mass is 380 g/mol. The summed E-state index contributed by atoms with van der Waals surface area (Å²) >= 11 is 0. The molecule has 1 fully saturated rings. The molecule has 3 rings (SSSR count). The second kappa shape index (κ2) is 8.39. The second-order valence-electron chi connectivity index (χ2n) is 7.48. The van der Waals surface area contributed by atoms with Crippen molar-refractivity contribution in [2.24, 2.45) is 5.92 Å². The van der Waals surface area contributed by atoms with Gasteiger partial charge in [0.05, 0.1) is 11.4 Å². The van der Waals surface area contributed by atoms with Gasteiger partial charge in [0.25, 0.3) is 5.91 Å². The third-order valence-electron chi connectivity index (χ3n) is 5.50. The van der Waals surface area contributed by atoms with Gasteiger partial charge < -0.3 is 5.32 Å². The molecule has 0 bridgehead atoms. The number of benzene rings is 1. The molecule has 146 valence electrons. The van der Waals surface area contributed by atoms with Crippen molar-refractivity contribution in [3.63, 3.8) is 0 Å². The largest absolute Gasteiger partial charge is 0.348 e. The zero-order valence-electron chi connectivity index (χ0n) is 16.5. The maximum atomic E-state index is 13.2. The maximum Gasteiger partial charge on any atom is 0.262 e.